The summed E-state index contributed by atoms with van der Waals surface area (Å²) in [7, 11) is -1.22. The normalized spacial score (nSPS) is 12.8. The van der Waals surface area contributed by atoms with E-state index in [9.17, 15) is 9.36 Å². The Morgan fingerprint density at radius 2 is 1.90 bits per heavy atom. The molecule has 118 valence electrons. The first-order valence-electron chi connectivity index (χ1n) is 5.78. The van der Waals surface area contributed by atoms with E-state index in [1.54, 1.807) is 6.07 Å². The largest absolute Gasteiger partial charge is 0.473 e. The van der Waals surface area contributed by atoms with Crippen LogP contribution in [0.4, 0.5) is 0 Å². The molecule has 1 aromatic carbocycles. The van der Waals surface area contributed by atoms with Gasteiger partial charge in [-0.05, 0) is 18.2 Å². The van der Waals surface area contributed by atoms with Crippen molar-refractivity contribution in [3.8, 4) is 5.75 Å². The van der Waals surface area contributed by atoms with Gasteiger partial charge in [-0.1, -0.05) is 23.2 Å². The molecule has 0 saturated carbocycles. The Morgan fingerprint density at radius 1 is 1.29 bits per heavy atom. The Morgan fingerprint density at radius 3 is 2.38 bits per heavy atom. The van der Waals surface area contributed by atoms with Gasteiger partial charge in [0.2, 0.25) is 5.85 Å². The van der Waals surface area contributed by atoms with Gasteiger partial charge in [-0.15, -0.1) is 0 Å². The Kier molecular flexibility index (Phi) is 6.97. The molecule has 0 spiro atoms. The number of carbonyl (C=O) groups excluding carboxylic acids is 1. The molecule has 1 aromatic rings. The van der Waals surface area contributed by atoms with Crippen LogP contribution in [-0.4, -0.2) is 32.6 Å². The van der Waals surface area contributed by atoms with Crippen molar-refractivity contribution in [1.29, 1.82) is 0 Å². The highest BCUT2D eigenvalue weighted by molar-refractivity contribution is 7.54. The summed E-state index contributed by atoms with van der Waals surface area (Å²) in [6.07, 6.45) is 0. The Bertz CT molecular complexity index is 543. The molecule has 0 radical (unpaired) electrons. The van der Waals surface area contributed by atoms with Crippen molar-refractivity contribution in [3.05, 3.63) is 28.2 Å². The molecule has 0 heterocycles. The fourth-order valence-corrected chi connectivity index (χ4v) is 2.98. The highest BCUT2D eigenvalue weighted by atomic mass is 35.5. The summed E-state index contributed by atoms with van der Waals surface area (Å²) in [5, 5.41) is 0.639. The first-order valence-corrected chi connectivity index (χ1v) is 8.15. The van der Waals surface area contributed by atoms with E-state index in [4.69, 9.17) is 41.7 Å². The number of rotatable bonds is 7. The van der Waals surface area contributed by atoms with E-state index in [0.717, 1.165) is 0 Å². The molecule has 6 nitrogen and oxygen atoms in total. The summed E-state index contributed by atoms with van der Waals surface area (Å²) in [5.74, 6) is -1.49. The highest BCUT2D eigenvalue weighted by Crippen LogP contribution is 2.52. The fraction of sp³-hybridized carbons (Fsp3) is 0.417. The molecular weight excluding hydrogens is 342 g/mol. The standard InChI is InChI=1S/C12H15Cl2O6P/c1-8(15)19-7-12(21(16,17-2)18-3)20-11-5-4-9(13)6-10(11)14/h4-6,12H,7H2,1-3H3/t12-/m0/s1. The Labute approximate surface area is 132 Å². The van der Waals surface area contributed by atoms with Crippen LogP contribution in [-0.2, 0) is 23.1 Å². The van der Waals surface area contributed by atoms with Crippen LogP contribution in [0.5, 0.6) is 5.75 Å². The van der Waals surface area contributed by atoms with Crippen LogP contribution in [0.3, 0.4) is 0 Å². The van der Waals surface area contributed by atoms with E-state index in [1.807, 2.05) is 0 Å². The van der Waals surface area contributed by atoms with E-state index >= 15 is 0 Å². The van der Waals surface area contributed by atoms with Crippen LogP contribution in [0.2, 0.25) is 10.0 Å². The SMILES string of the molecule is COP(=O)(OC)[C@@H](COC(C)=O)Oc1ccc(Cl)cc1Cl. The van der Waals surface area contributed by atoms with Crippen molar-refractivity contribution in [2.24, 2.45) is 0 Å². The summed E-state index contributed by atoms with van der Waals surface area (Å²) in [4.78, 5) is 10.9. The smallest absolute Gasteiger partial charge is 0.373 e. The third kappa shape index (κ3) is 5.16. The molecule has 0 aliphatic carbocycles. The molecule has 0 fully saturated rings. The van der Waals surface area contributed by atoms with Gasteiger partial charge in [-0.2, -0.15) is 0 Å². The molecule has 0 bridgehead atoms. The molecule has 9 heteroatoms. The molecule has 1 atom stereocenters. The van der Waals surface area contributed by atoms with E-state index in [2.05, 4.69) is 0 Å². The van der Waals surface area contributed by atoms with Gasteiger partial charge in [-0.3, -0.25) is 9.36 Å². The summed E-state index contributed by atoms with van der Waals surface area (Å²) in [6.45, 7) is 0.907. The Hall–Kier alpha value is -0.780. The maximum Gasteiger partial charge on any atom is 0.373 e. The maximum atomic E-state index is 12.4. The predicted molar refractivity (Wildman–Crippen MR) is 79.1 cm³/mol. The number of carbonyl (C=O) groups is 1. The molecule has 0 aromatic heterocycles. The average molecular weight is 357 g/mol. The Balaban J connectivity index is 3.01. The van der Waals surface area contributed by atoms with Crippen molar-refractivity contribution in [3.63, 3.8) is 0 Å². The van der Waals surface area contributed by atoms with Crippen LogP contribution < -0.4 is 4.74 Å². The summed E-state index contributed by atoms with van der Waals surface area (Å²) in [6, 6.07) is 4.52. The molecule has 1 rings (SSSR count). The quantitative estimate of drug-likeness (QED) is 0.547. The lowest BCUT2D eigenvalue weighted by molar-refractivity contribution is -0.142. The number of halogens is 2. The van der Waals surface area contributed by atoms with Gasteiger partial charge in [0.05, 0.1) is 5.02 Å². The topological polar surface area (TPSA) is 71.1 Å². The van der Waals surface area contributed by atoms with Gasteiger partial charge in [-0.25, -0.2) is 0 Å². The van der Waals surface area contributed by atoms with Crippen molar-refractivity contribution in [2.75, 3.05) is 20.8 Å². The molecule has 0 saturated heterocycles. The maximum absolute atomic E-state index is 12.4. The average Bonchev–Trinajstić information content (AvgIpc) is 2.44. The number of hydrogen-bond acceptors (Lipinski definition) is 6. The van der Waals surface area contributed by atoms with Crippen molar-refractivity contribution >= 4 is 36.8 Å². The third-order valence-corrected chi connectivity index (χ3v) is 4.96. The molecule has 21 heavy (non-hydrogen) atoms. The third-order valence-electron chi connectivity index (χ3n) is 2.45. The van der Waals surface area contributed by atoms with Gasteiger partial charge in [0.1, 0.15) is 12.4 Å². The van der Waals surface area contributed by atoms with E-state index in [0.29, 0.717) is 5.02 Å². The minimum absolute atomic E-state index is 0.215. The number of ether oxygens (including phenoxy) is 2. The number of hydrogen-bond donors (Lipinski definition) is 0. The lowest BCUT2D eigenvalue weighted by atomic mass is 10.3. The molecule has 0 amide bonds. The van der Waals surface area contributed by atoms with Gasteiger partial charge >= 0.3 is 13.6 Å². The predicted octanol–water partition coefficient (Wildman–Crippen LogP) is 3.75. The monoisotopic (exact) mass is 356 g/mol. The van der Waals surface area contributed by atoms with Gasteiger partial charge in [0, 0.05) is 26.2 Å². The van der Waals surface area contributed by atoms with Gasteiger partial charge in [0.15, 0.2) is 0 Å². The summed E-state index contributed by atoms with van der Waals surface area (Å²) < 4.78 is 32.5. The van der Waals surface area contributed by atoms with Crippen molar-refractivity contribution < 1.29 is 27.9 Å². The van der Waals surface area contributed by atoms with Gasteiger partial charge < -0.3 is 18.5 Å². The van der Waals surface area contributed by atoms with E-state index in [-0.39, 0.29) is 17.4 Å². The highest BCUT2D eigenvalue weighted by Gasteiger charge is 2.37. The number of benzene rings is 1. The first-order chi connectivity index (χ1) is 9.82. The van der Waals surface area contributed by atoms with Crippen LogP contribution in [0.1, 0.15) is 6.92 Å². The first kappa shape index (κ1) is 18.3. The zero-order chi connectivity index (χ0) is 16.0. The fourth-order valence-electron chi connectivity index (χ4n) is 1.41. The summed E-state index contributed by atoms with van der Waals surface area (Å²) >= 11 is 11.8. The van der Waals surface area contributed by atoms with E-state index < -0.39 is 19.4 Å². The minimum atomic E-state index is -3.64. The molecule has 0 unspecified atom stereocenters. The second-order valence-corrected chi connectivity index (χ2v) is 7.08. The molecule has 0 N–H and O–H groups in total. The van der Waals surface area contributed by atoms with Gasteiger partial charge in [0.25, 0.3) is 0 Å². The zero-order valence-corrected chi connectivity index (χ0v) is 14.1. The van der Waals surface area contributed by atoms with Crippen molar-refractivity contribution in [2.45, 2.75) is 12.8 Å². The molecular formula is C12H15Cl2O6P. The van der Waals surface area contributed by atoms with E-state index in [1.165, 1.54) is 33.3 Å². The molecule has 0 aliphatic rings. The second-order valence-electron chi connectivity index (χ2n) is 3.85. The molecule has 0 aliphatic heterocycles. The summed E-state index contributed by atoms with van der Waals surface area (Å²) in [5.41, 5.74) is 0. The zero-order valence-electron chi connectivity index (χ0n) is 11.7. The lowest BCUT2D eigenvalue weighted by Crippen LogP contribution is -2.26. The van der Waals surface area contributed by atoms with Crippen LogP contribution >= 0.6 is 30.8 Å². The van der Waals surface area contributed by atoms with Crippen LogP contribution in [0.15, 0.2) is 18.2 Å². The minimum Gasteiger partial charge on any atom is -0.473 e. The number of esters is 1. The lowest BCUT2D eigenvalue weighted by Gasteiger charge is -2.25. The van der Waals surface area contributed by atoms with Crippen LogP contribution in [0, 0.1) is 0 Å². The second kappa shape index (κ2) is 8.01. The van der Waals surface area contributed by atoms with Crippen LogP contribution in [0.25, 0.3) is 0 Å². The van der Waals surface area contributed by atoms with Crippen molar-refractivity contribution in [1.82, 2.24) is 0 Å².